The highest BCUT2D eigenvalue weighted by Crippen LogP contribution is 2.49. The summed E-state index contributed by atoms with van der Waals surface area (Å²) in [5, 5.41) is 0. The molecule has 5 aliphatic heterocycles. The van der Waals surface area contributed by atoms with E-state index >= 15 is 9.59 Å². The number of hydrogen-bond donors (Lipinski definition) is 0. The van der Waals surface area contributed by atoms with Gasteiger partial charge < -0.3 is 75.8 Å². The van der Waals surface area contributed by atoms with E-state index in [0.717, 1.165) is 0 Å². The summed E-state index contributed by atoms with van der Waals surface area (Å²) in [6, 6.07) is 79.8. The van der Waals surface area contributed by atoms with E-state index in [4.69, 9.17) is 80.5 Å². The Morgan fingerprint density at radius 1 is 0.301 bits per heavy atom. The van der Waals surface area contributed by atoms with Gasteiger partial charge in [-0.15, -0.1) is 0 Å². The summed E-state index contributed by atoms with van der Waals surface area (Å²) in [6.45, 7) is -1.81. The van der Waals surface area contributed by atoms with Gasteiger partial charge in [0.15, 0.2) is 49.4 Å². The maximum atomic E-state index is 15.5. The van der Waals surface area contributed by atoms with Gasteiger partial charge in [-0.3, -0.25) is 4.74 Å². The summed E-state index contributed by atoms with van der Waals surface area (Å²) in [7, 11) is 0. The van der Waals surface area contributed by atoms with E-state index in [1.54, 1.807) is 206 Å². The van der Waals surface area contributed by atoms with Gasteiger partial charge in [-0.2, -0.15) is 0 Å². The zero-order chi connectivity index (χ0) is 77.6. The number of hydrogen-bond acceptors (Lipinski definition) is 25. The van der Waals surface area contributed by atoms with E-state index in [1.807, 2.05) is 0 Å². The second-order valence-electron chi connectivity index (χ2n) is 26.5. The molecule has 17 atom stereocenters. The highest BCUT2D eigenvalue weighted by molar-refractivity contribution is 5.93. The Kier molecular flexibility index (Phi) is 23.7. The molecule has 0 aliphatic carbocycles. The summed E-state index contributed by atoms with van der Waals surface area (Å²) in [5.74, 6) is -10.3. The SMILES string of the molecule is O=C(OC[C@H]1O[C@H](OC(=O)c2ccccc2)[C@@H](OC(=O)c2ccccc2)[C@@H](OC(=O)c2ccccc2)[C@@H]1O[C@@H]1O[C@@H]2CO[C@H](c3ccccc3)O[C@@H]2[C@H](OC2(c3ccccc3)O[C@H]3O[C@H](COC(=O)c4ccccc4)[C@@H](OC(=O)c4ccccc4)[C@H](OC(=O)c4ccccc4)[C@H]3O2)[C@H]1OC(=O)c1ccccc1)c1ccccc1. The molecule has 5 fully saturated rings. The second-order valence-corrected chi connectivity index (χ2v) is 26.5. The Labute approximate surface area is 646 Å². The van der Waals surface area contributed by atoms with Crippen molar-refractivity contribution in [2.24, 2.45) is 0 Å². The van der Waals surface area contributed by atoms with E-state index in [2.05, 4.69) is 0 Å². The first kappa shape index (κ1) is 76.0. The fourth-order valence-electron chi connectivity index (χ4n) is 13.5. The predicted octanol–water partition coefficient (Wildman–Crippen LogP) is 12.0. The zero-order valence-corrected chi connectivity index (χ0v) is 59.9. The Hall–Kier alpha value is -12.4. The van der Waals surface area contributed by atoms with Gasteiger partial charge in [-0.25, -0.2) is 38.4 Å². The Morgan fingerprint density at radius 2 is 0.646 bits per heavy atom. The highest BCUT2D eigenvalue weighted by atomic mass is 17.0. The van der Waals surface area contributed by atoms with Gasteiger partial charge in [-0.05, 0) is 97.1 Å². The molecule has 15 rings (SSSR count). The molecule has 1 unspecified atom stereocenters. The van der Waals surface area contributed by atoms with Crippen LogP contribution < -0.4 is 0 Å². The monoisotopic (exact) mass is 1530 g/mol. The second kappa shape index (κ2) is 35.3. The number of carbonyl (C=O) groups is 8. The fourth-order valence-corrected chi connectivity index (χ4v) is 13.5. The van der Waals surface area contributed by atoms with E-state index in [-0.39, 0.29) is 56.7 Å². The molecule has 5 saturated heterocycles. The molecule has 0 aromatic heterocycles. The van der Waals surface area contributed by atoms with Crippen LogP contribution in [0.4, 0.5) is 0 Å². The summed E-state index contributed by atoms with van der Waals surface area (Å²) in [4.78, 5) is 118. The predicted molar refractivity (Wildman–Crippen MR) is 393 cm³/mol. The van der Waals surface area contributed by atoms with Gasteiger partial charge in [-0.1, -0.05) is 206 Å². The molecular weight excluding hydrogens is 1460 g/mol. The molecule has 113 heavy (non-hydrogen) atoms. The lowest BCUT2D eigenvalue weighted by Crippen LogP contribution is -2.68. The molecule has 0 bridgehead atoms. The minimum atomic E-state index is -2.68. The number of rotatable bonds is 24. The molecule has 0 spiro atoms. The van der Waals surface area contributed by atoms with Crippen molar-refractivity contribution in [3.63, 3.8) is 0 Å². The fraction of sp³-hybridized carbons (Fsp3) is 0.227. The van der Waals surface area contributed by atoms with Crippen molar-refractivity contribution in [3.05, 3.63) is 359 Å². The van der Waals surface area contributed by atoms with Crippen LogP contribution >= 0.6 is 0 Å². The van der Waals surface area contributed by atoms with Crippen LogP contribution in [-0.4, -0.2) is 160 Å². The van der Waals surface area contributed by atoms with Gasteiger partial charge in [0.25, 0.3) is 0 Å². The third-order valence-electron chi connectivity index (χ3n) is 19.1. The molecule has 25 nitrogen and oxygen atoms in total. The first-order valence-corrected chi connectivity index (χ1v) is 36.3. The van der Waals surface area contributed by atoms with Crippen molar-refractivity contribution in [1.82, 2.24) is 0 Å². The van der Waals surface area contributed by atoms with Crippen molar-refractivity contribution in [2.45, 2.75) is 104 Å². The summed E-state index contributed by atoms with van der Waals surface area (Å²) in [5.41, 5.74) is 0.961. The number of fused-ring (bicyclic) bond motifs is 2. The lowest BCUT2D eigenvalue weighted by molar-refractivity contribution is -0.438. The Bertz CT molecular complexity index is 4890. The smallest absolute Gasteiger partial charge is 0.340 e. The first-order chi connectivity index (χ1) is 55.3. The summed E-state index contributed by atoms with van der Waals surface area (Å²) < 4.78 is 114. The van der Waals surface area contributed by atoms with Crippen molar-refractivity contribution >= 4 is 47.8 Å². The van der Waals surface area contributed by atoms with Crippen LogP contribution in [-0.2, 0) is 86.5 Å². The molecule has 0 radical (unpaired) electrons. The highest BCUT2D eigenvalue weighted by Gasteiger charge is 2.66. The number of esters is 8. The van der Waals surface area contributed by atoms with Crippen molar-refractivity contribution in [3.8, 4) is 0 Å². The normalized spacial score (nSPS) is 26.2. The number of benzene rings is 10. The number of ether oxygens (including phenoxy) is 17. The minimum absolute atomic E-state index is 0.00820. The Morgan fingerprint density at radius 3 is 1.07 bits per heavy atom. The third-order valence-corrected chi connectivity index (χ3v) is 19.1. The standard InChI is InChI=1S/C88H72O25/c89-76(54-31-11-1-12-32-54)97-51-64-67(103-78(91)56-35-15-3-16-36-56)71(105-80(93)58-39-19-5-20-40-58)75-87(102-64)113-88(112-75,63-49-29-10-30-50-63)111-72-69-66(53-99-84(108-69)62-47-27-9-28-48-62)100-85(74(72)107-82(95)60-43-23-7-24-44-60)109-68-65(52-98-77(90)55-33-13-2-14-34-55)101-86(110-83(96)61-45-25-8-26-46-61)73(106-81(94)59-41-21-6-22-42-59)70(68)104-79(92)57-37-17-4-18-38-57/h1-50,64-75,84-87H,51-53H2/t64-,65-,66-,67-,68-,69+,70+,71+,72+,73+,74-,75-,84+,85+,86-,87-,88?/m1/s1. The Balaban J connectivity index is 0.883. The average Bonchev–Trinajstić information content (AvgIpc) is 1.64. The molecule has 0 N–H and O–H groups in total. The minimum Gasteiger partial charge on any atom is -0.459 e. The molecule has 0 amide bonds. The van der Waals surface area contributed by atoms with Gasteiger partial charge in [0.2, 0.25) is 12.4 Å². The van der Waals surface area contributed by atoms with Crippen LogP contribution in [0, 0.1) is 0 Å². The first-order valence-electron chi connectivity index (χ1n) is 36.3. The van der Waals surface area contributed by atoms with Gasteiger partial charge in [0.1, 0.15) is 49.8 Å². The van der Waals surface area contributed by atoms with Gasteiger partial charge in [0.05, 0.1) is 51.1 Å². The number of carbonyl (C=O) groups excluding carboxylic acids is 8. The average molecular weight is 1530 g/mol. The molecule has 10 aromatic rings. The third kappa shape index (κ3) is 17.7. The van der Waals surface area contributed by atoms with Gasteiger partial charge in [0, 0.05) is 11.1 Å². The summed E-state index contributed by atoms with van der Waals surface area (Å²) in [6.07, 6.45) is -28.1. The molecule has 574 valence electrons. The maximum absolute atomic E-state index is 15.5. The van der Waals surface area contributed by atoms with Crippen LogP contribution in [0.25, 0.3) is 0 Å². The van der Waals surface area contributed by atoms with E-state index in [1.165, 1.54) is 97.1 Å². The van der Waals surface area contributed by atoms with Gasteiger partial charge >= 0.3 is 53.7 Å². The van der Waals surface area contributed by atoms with E-state index in [9.17, 15) is 28.8 Å². The quantitative estimate of drug-likeness (QED) is 0.0401. The molecule has 25 heteroatoms. The lowest BCUT2D eigenvalue weighted by Gasteiger charge is -2.51. The van der Waals surface area contributed by atoms with Crippen LogP contribution in [0.5, 0.6) is 0 Å². The molecule has 0 saturated carbocycles. The zero-order valence-electron chi connectivity index (χ0n) is 59.9. The van der Waals surface area contributed by atoms with Crippen LogP contribution in [0.1, 0.15) is 100 Å². The van der Waals surface area contributed by atoms with Crippen molar-refractivity contribution in [1.29, 1.82) is 0 Å². The van der Waals surface area contributed by atoms with Crippen LogP contribution in [0.15, 0.2) is 303 Å². The summed E-state index contributed by atoms with van der Waals surface area (Å²) >= 11 is 0. The lowest BCUT2D eigenvalue weighted by atomic mass is 9.95. The van der Waals surface area contributed by atoms with Crippen molar-refractivity contribution in [2.75, 3.05) is 19.8 Å². The maximum Gasteiger partial charge on any atom is 0.340 e. The largest absolute Gasteiger partial charge is 0.459 e. The van der Waals surface area contributed by atoms with E-state index < -0.39 is 165 Å². The van der Waals surface area contributed by atoms with Crippen molar-refractivity contribution < 1.29 is 119 Å². The molecule has 10 aromatic carbocycles. The topological polar surface area (TPSA) is 293 Å². The molecular formula is C88H72O25. The molecule has 5 aliphatic rings. The van der Waals surface area contributed by atoms with E-state index in [0.29, 0.717) is 5.56 Å². The van der Waals surface area contributed by atoms with Crippen LogP contribution in [0.3, 0.4) is 0 Å². The molecule has 5 heterocycles. The van der Waals surface area contributed by atoms with Crippen LogP contribution in [0.2, 0.25) is 0 Å².